The van der Waals surface area contributed by atoms with Crippen LogP contribution in [0.25, 0.3) is 0 Å². The Hall–Kier alpha value is -2.82. The van der Waals surface area contributed by atoms with Crippen LogP contribution in [0.2, 0.25) is 5.04 Å². The summed E-state index contributed by atoms with van der Waals surface area (Å²) in [5, 5.41) is 24.4. The average molecular weight is 525 g/mol. The van der Waals surface area contributed by atoms with Gasteiger partial charge in [-0.25, -0.2) is 4.79 Å². The molecule has 8 nitrogen and oxygen atoms in total. The van der Waals surface area contributed by atoms with E-state index in [9.17, 15) is 19.8 Å². The van der Waals surface area contributed by atoms with Crippen LogP contribution in [0.1, 0.15) is 39.5 Å². The van der Waals surface area contributed by atoms with Crippen LogP contribution in [0.15, 0.2) is 76.4 Å². The zero-order chi connectivity index (χ0) is 27.0. The summed E-state index contributed by atoms with van der Waals surface area (Å²) in [5.41, 5.74) is -1.55. The lowest BCUT2D eigenvalue weighted by atomic mass is 10.1. The van der Waals surface area contributed by atoms with Crippen molar-refractivity contribution in [2.45, 2.75) is 69.9 Å². The third-order valence-corrected chi connectivity index (χ3v) is 13.6. The summed E-state index contributed by atoms with van der Waals surface area (Å²) in [6.07, 6.45) is -3.52. The van der Waals surface area contributed by atoms with Crippen molar-refractivity contribution in [2.75, 3.05) is 6.61 Å². The number of ether oxygens (including phenoxy) is 2. The molecule has 1 aliphatic rings. The zero-order valence-corrected chi connectivity index (χ0v) is 22.9. The van der Waals surface area contributed by atoms with Gasteiger partial charge in [0.1, 0.15) is 18.3 Å². The van der Waals surface area contributed by atoms with Crippen molar-refractivity contribution in [1.29, 1.82) is 0 Å². The van der Waals surface area contributed by atoms with Gasteiger partial charge in [-0.3, -0.25) is 14.3 Å². The van der Waals surface area contributed by atoms with E-state index >= 15 is 0 Å². The number of rotatable bonds is 7. The predicted molar refractivity (Wildman–Crippen MR) is 145 cm³/mol. The second kappa shape index (κ2) is 10.5. The van der Waals surface area contributed by atoms with Crippen LogP contribution in [0.5, 0.6) is 0 Å². The Bertz CT molecular complexity index is 1280. The molecule has 0 aliphatic carbocycles. The standard InChI is InChI=1S/C28H36N2O6Si/c1-6-35-26(23-21(31)22(32)25(36-23)30-17-18(2)24(33)29-27(30)34)37(28(3,4)5,19-13-9-7-10-14-19)20-15-11-8-12-16-20/h7-17,21-23,25-26,31-32H,6H2,1-5H3,(H,29,33,34)/t21-,22+,23-,25+,26?/m0/s1. The van der Waals surface area contributed by atoms with Crippen molar-refractivity contribution in [3.05, 3.63) is 93.3 Å². The second-order valence-corrected chi connectivity index (χ2v) is 15.5. The van der Waals surface area contributed by atoms with E-state index in [1.54, 1.807) is 6.92 Å². The molecule has 0 saturated carbocycles. The van der Waals surface area contributed by atoms with Crippen LogP contribution in [0.4, 0.5) is 0 Å². The molecule has 1 saturated heterocycles. The molecule has 2 heterocycles. The normalized spacial score (nSPS) is 23.2. The summed E-state index contributed by atoms with van der Waals surface area (Å²) in [6, 6.07) is 20.3. The van der Waals surface area contributed by atoms with Crippen LogP contribution in [0, 0.1) is 6.92 Å². The molecule has 37 heavy (non-hydrogen) atoms. The molecule has 1 unspecified atom stereocenters. The van der Waals surface area contributed by atoms with E-state index in [0.29, 0.717) is 12.2 Å². The van der Waals surface area contributed by atoms with Crippen LogP contribution in [-0.2, 0) is 9.47 Å². The minimum atomic E-state index is -2.96. The quantitative estimate of drug-likeness (QED) is 0.404. The lowest BCUT2D eigenvalue weighted by Gasteiger charge is -2.50. The summed E-state index contributed by atoms with van der Waals surface area (Å²) >= 11 is 0. The topological polar surface area (TPSA) is 114 Å². The van der Waals surface area contributed by atoms with E-state index < -0.39 is 49.6 Å². The number of aromatic amines is 1. The van der Waals surface area contributed by atoms with Gasteiger partial charge in [0.2, 0.25) is 0 Å². The number of hydrogen-bond acceptors (Lipinski definition) is 6. The molecular formula is C28H36N2O6Si. The third kappa shape index (κ3) is 4.66. The average Bonchev–Trinajstić information content (AvgIpc) is 3.15. The largest absolute Gasteiger partial charge is 0.387 e. The molecule has 0 radical (unpaired) electrons. The number of aliphatic hydroxyl groups excluding tert-OH is 2. The smallest absolute Gasteiger partial charge is 0.330 e. The number of nitrogens with zero attached hydrogens (tertiary/aromatic N) is 1. The van der Waals surface area contributed by atoms with Gasteiger partial charge < -0.3 is 19.7 Å². The lowest BCUT2D eigenvalue weighted by molar-refractivity contribution is -0.0838. The molecular weight excluding hydrogens is 488 g/mol. The molecule has 3 aromatic rings. The molecule has 1 aliphatic heterocycles. The zero-order valence-electron chi connectivity index (χ0n) is 21.9. The first-order valence-electron chi connectivity index (χ1n) is 12.6. The summed E-state index contributed by atoms with van der Waals surface area (Å²) in [4.78, 5) is 26.8. The van der Waals surface area contributed by atoms with Crippen molar-refractivity contribution in [3.8, 4) is 0 Å². The Labute approximate surface area is 217 Å². The Morgan fingerprint density at radius 2 is 1.54 bits per heavy atom. The number of benzene rings is 2. The molecule has 9 heteroatoms. The van der Waals surface area contributed by atoms with E-state index in [1.165, 1.54) is 6.20 Å². The highest BCUT2D eigenvalue weighted by Gasteiger charge is 2.61. The van der Waals surface area contributed by atoms with E-state index in [0.717, 1.165) is 14.9 Å². The van der Waals surface area contributed by atoms with Crippen LogP contribution < -0.4 is 21.6 Å². The second-order valence-electron chi connectivity index (χ2n) is 10.6. The first-order valence-corrected chi connectivity index (χ1v) is 14.7. The minimum Gasteiger partial charge on any atom is -0.387 e. The Morgan fingerprint density at radius 1 is 1.00 bits per heavy atom. The molecule has 0 spiro atoms. The number of aromatic nitrogens is 2. The van der Waals surface area contributed by atoms with E-state index in [2.05, 4.69) is 50.0 Å². The molecule has 3 N–H and O–H groups in total. The minimum absolute atomic E-state index is 0.293. The van der Waals surface area contributed by atoms with Crippen LogP contribution in [-0.4, -0.2) is 58.5 Å². The van der Waals surface area contributed by atoms with Gasteiger partial charge in [0.25, 0.3) is 5.56 Å². The van der Waals surface area contributed by atoms with Crippen LogP contribution >= 0.6 is 0 Å². The van der Waals surface area contributed by atoms with E-state index in [1.807, 2.05) is 43.3 Å². The number of nitrogens with one attached hydrogen (secondary N) is 1. The number of aryl methyl sites for hydroxylation is 1. The van der Waals surface area contributed by atoms with Crippen molar-refractivity contribution in [2.24, 2.45) is 0 Å². The van der Waals surface area contributed by atoms with Gasteiger partial charge in [0, 0.05) is 18.4 Å². The van der Waals surface area contributed by atoms with Crippen LogP contribution in [0.3, 0.4) is 0 Å². The first kappa shape index (κ1) is 27.2. The van der Waals surface area contributed by atoms with Gasteiger partial charge in [-0.15, -0.1) is 0 Å². The highest BCUT2D eigenvalue weighted by Crippen LogP contribution is 2.43. The SMILES string of the molecule is CCOC([C@H]1O[C@@H](n2cc(C)c(=O)[nH]c2=O)[C@H](O)[C@@H]1O)[Si](c1ccccc1)(c1ccccc1)C(C)(C)C. The maximum absolute atomic E-state index is 12.6. The number of hydrogen-bond donors (Lipinski definition) is 3. The molecule has 2 aromatic carbocycles. The highest BCUT2D eigenvalue weighted by molar-refractivity contribution is 7.05. The summed E-state index contributed by atoms with van der Waals surface area (Å²) < 4.78 is 14.0. The number of H-pyrrole nitrogens is 1. The molecule has 1 fully saturated rings. The van der Waals surface area contributed by atoms with E-state index in [4.69, 9.17) is 9.47 Å². The van der Waals surface area contributed by atoms with Gasteiger partial charge in [0.05, 0.1) is 5.73 Å². The monoisotopic (exact) mass is 524 g/mol. The molecule has 5 atom stereocenters. The van der Waals surface area contributed by atoms with Crippen molar-refractivity contribution in [3.63, 3.8) is 0 Å². The highest BCUT2D eigenvalue weighted by atomic mass is 28.3. The van der Waals surface area contributed by atoms with Gasteiger partial charge in [0.15, 0.2) is 14.3 Å². The fraction of sp³-hybridized carbons (Fsp3) is 0.429. The van der Waals surface area contributed by atoms with Gasteiger partial charge in [-0.1, -0.05) is 91.8 Å². The van der Waals surface area contributed by atoms with Crippen molar-refractivity contribution in [1.82, 2.24) is 9.55 Å². The Kier molecular flexibility index (Phi) is 7.73. The first-order chi connectivity index (χ1) is 17.5. The molecule has 1 aromatic heterocycles. The summed E-state index contributed by atoms with van der Waals surface area (Å²) in [5.74, 6) is 0. The Balaban J connectivity index is 1.93. The van der Waals surface area contributed by atoms with Crippen molar-refractivity contribution >= 4 is 18.4 Å². The maximum atomic E-state index is 12.6. The summed E-state index contributed by atoms with van der Waals surface area (Å²) in [6.45, 7) is 10.4. The molecule has 198 valence electrons. The lowest BCUT2D eigenvalue weighted by Crippen LogP contribution is -2.75. The van der Waals surface area contributed by atoms with Gasteiger partial charge in [-0.2, -0.15) is 0 Å². The molecule has 0 bridgehead atoms. The van der Waals surface area contributed by atoms with E-state index in [-0.39, 0.29) is 5.04 Å². The predicted octanol–water partition coefficient (Wildman–Crippen LogP) is 1.47. The summed E-state index contributed by atoms with van der Waals surface area (Å²) in [7, 11) is -2.96. The van der Waals surface area contributed by atoms with Crippen molar-refractivity contribution < 1.29 is 19.7 Å². The fourth-order valence-corrected chi connectivity index (χ4v) is 12.0. The maximum Gasteiger partial charge on any atom is 0.330 e. The number of aliphatic hydroxyl groups is 2. The third-order valence-electron chi connectivity index (χ3n) is 7.41. The molecule has 0 amide bonds. The van der Waals surface area contributed by atoms with Gasteiger partial charge in [-0.05, 0) is 18.9 Å². The van der Waals surface area contributed by atoms with Gasteiger partial charge >= 0.3 is 5.69 Å². The fourth-order valence-electron chi connectivity index (χ4n) is 5.78. The molecule has 4 rings (SSSR count). The Morgan fingerprint density at radius 3 is 2.03 bits per heavy atom.